The summed E-state index contributed by atoms with van der Waals surface area (Å²) in [6, 6.07) is 9.40. The van der Waals surface area contributed by atoms with Crippen LogP contribution in [-0.4, -0.2) is 45.3 Å². The molecule has 0 bridgehead atoms. The van der Waals surface area contributed by atoms with E-state index in [4.69, 9.17) is 4.98 Å². The molecule has 2 saturated heterocycles. The quantitative estimate of drug-likeness (QED) is 0.188. The highest BCUT2D eigenvalue weighted by atomic mass is 32.1. The van der Waals surface area contributed by atoms with Crippen molar-refractivity contribution in [1.82, 2.24) is 9.56 Å². The van der Waals surface area contributed by atoms with Crippen molar-refractivity contribution in [1.29, 1.82) is 0 Å². The van der Waals surface area contributed by atoms with Crippen LogP contribution in [0.1, 0.15) is 83.1 Å². The smallest absolute Gasteiger partial charge is 0.228 e. The summed E-state index contributed by atoms with van der Waals surface area (Å²) in [6.45, 7) is 7.02. The van der Waals surface area contributed by atoms with Gasteiger partial charge >= 0.3 is 0 Å². The maximum Gasteiger partial charge on any atom is 0.228 e. The summed E-state index contributed by atoms with van der Waals surface area (Å²) >= 11 is 1.95. The third-order valence-electron chi connectivity index (χ3n) is 8.07. The Balaban J connectivity index is 1.64. The highest BCUT2D eigenvalue weighted by Crippen LogP contribution is 2.38. The second kappa shape index (κ2) is 11.9. The number of hydrogen-bond acceptors (Lipinski definition) is 4. The van der Waals surface area contributed by atoms with Crippen LogP contribution in [0.4, 0.5) is 11.4 Å². The molecular formula is C31H45N4S+. The number of benzene rings is 2. The second-order valence-electron chi connectivity index (χ2n) is 11.1. The maximum absolute atomic E-state index is 5.26. The average molecular weight is 506 g/mol. The molecule has 0 amide bonds. The van der Waals surface area contributed by atoms with E-state index in [-0.39, 0.29) is 0 Å². The van der Waals surface area contributed by atoms with E-state index in [1.165, 1.54) is 134 Å². The average Bonchev–Trinajstić information content (AvgIpc) is 2.91. The molecule has 0 N–H and O–H groups in total. The molecule has 4 nitrogen and oxygen atoms in total. The fourth-order valence-electron chi connectivity index (χ4n) is 6.12. The van der Waals surface area contributed by atoms with Crippen LogP contribution >= 0.6 is 11.3 Å². The molecule has 0 atom stereocenters. The van der Waals surface area contributed by atoms with Crippen molar-refractivity contribution in [2.75, 3.05) is 50.1 Å². The third kappa shape index (κ3) is 5.56. The highest BCUT2D eigenvalue weighted by molar-refractivity contribution is 7.22. The molecule has 1 aliphatic carbocycles. The number of anilines is 2. The standard InChI is InChI=1S/C31H45N4S/c1-4-5-6-7-10-15-24-22-27-31(30(33(2)3)29(24)35-20-13-9-14-21-35)36-28-23-25(16-17-26(28)32-27)34-18-11-8-12-19-34/h16-17,22-23H,4-15,18-21H2,1-3H3/q+1. The van der Waals surface area contributed by atoms with Gasteiger partial charge < -0.3 is 9.80 Å². The molecule has 3 aliphatic heterocycles. The fourth-order valence-corrected chi connectivity index (χ4v) is 7.33. The molecule has 4 aliphatic rings. The summed E-state index contributed by atoms with van der Waals surface area (Å²) in [5.74, 6) is 0. The molecule has 0 radical (unpaired) electrons. The highest BCUT2D eigenvalue weighted by Gasteiger charge is 2.26. The Bertz CT molecular complexity index is 1200. The minimum Gasteiger partial charge on any atom is -0.371 e. The number of piperidine rings is 2. The van der Waals surface area contributed by atoms with E-state index in [0.29, 0.717) is 0 Å². The minimum atomic E-state index is 1.14. The van der Waals surface area contributed by atoms with E-state index in [1.54, 1.807) is 0 Å². The van der Waals surface area contributed by atoms with E-state index in [2.05, 4.69) is 59.7 Å². The van der Waals surface area contributed by atoms with Crippen molar-refractivity contribution in [2.45, 2.75) is 84.0 Å². The summed E-state index contributed by atoms with van der Waals surface area (Å²) in [5.41, 5.74) is 6.57. The lowest BCUT2D eigenvalue weighted by atomic mass is 10.0. The molecule has 194 valence electrons. The van der Waals surface area contributed by atoms with Crippen molar-refractivity contribution in [3.63, 3.8) is 0 Å². The zero-order valence-electron chi connectivity index (χ0n) is 22.8. The van der Waals surface area contributed by atoms with Gasteiger partial charge in [-0.1, -0.05) is 32.6 Å². The van der Waals surface area contributed by atoms with Gasteiger partial charge in [0, 0.05) is 51.3 Å². The van der Waals surface area contributed by atoms with Crippen LogP contribution in [0.3, 0.4) is 0 Å². The first-order valence-electron chi connectivity index (χ1n) is 14.6. The Labute approximate surface area is 222 Å². The van der Waals surface area contributed by atoms with E-state index in [0.717, 1.165) is 11.9 Å². The van der Waals surface area contributed by atoms with Crippen LogP contribution in [0, 0.1) is 0 Å². The number of nitrogens with zero attached hydrogens (tertiary/aromatic N) is 4. The molecule has 1 aromatic rings. The molecule has 5 rings (SSSR count). The van der Waals surface area contributed by atoms with E-state index in [9.17, 15) is 0 Å². The van der Waals surface area contributed by atoms with Crippen molar-refractivity contribution < 1.29 is 0 Å². The summed E-state index contributed by atoms with van der Waals surface area (Å²) < 4.78 is 4.01. The van der Waals surface area contributed by atoms with Crippen molar-refractivity contribution in [3.05, 3.63) is 35.2 Å². The molecular weight excluding hydrogens is 460 g/mol. The summed E-state index contributed by atoms with van der Waals surface area (Å²) in [7, 11) is 4.46. The fraction of sp³-hybridized carbons (Fsp3) is 0.613. The second-order valence-corrected chi connectivity index (χ2v) is 12.2. The lowest BCUT2D eigenvalue weighted by Crippen LogP contribution is -2.40. The van der Waals surface area contributed by atoms with Gasteiger partial charge in [-0.15, -0.1) is 11.3 Å². The first-order valence-corrected chi connectivity index (χ1v) is 15.4. The van der Waals surface area contributed by atoms with Gasteiger partial charge in [0.25, 0.3) is 0 Å². The Hall–Kier alpha value is -2.14. The van der Waals surface area contributed by atoms with Crippen molar-refractivity contribution >= 4 is 32.9 Å². The van der Waals surface area contributed by atoms with Crippen LogP contribution < -0.4 is 19.7 Å². The van der Waals surface area contributed by atoms with Gasteiger partial charge in [-0.25, -0.2) is 9.56 Å². The molecule has 0 saturated carbocycles. The Morgan fingerprint density at radius 3 is 2.42 bits per heavy atom. The predicted octanol–water partition coefficient (Wildman–Crippen LogP) is 6.93. The topological polar surface area (TPSA) is 22.4 Å². The number of rotatable bonds is 8. The zero-order valence-corrected chi connectivity index (χ0v) is 23.6. The van der Waals surface area contributed by atoms with Gasteiger partial charge in [-0.3, -0.25) is 0 Å². The lowest BCUT2D eigenvalue weighted by Gasteiger charge is -2.29. The Morgan fingerprint density at radius 2 is 1.67 bits per heavy atom. The van der Waals surface area contributed by atoms with E-state index >= 15 is 0 Å². The predicted molar refractivity (Wildman–Crippen MR) is 158 cm³/mol. The Morgan fingerprint density at radius 1 is 0.917 bits per heavy atom. The zero-order chi connectivity index (χ0) is 24.9. The SMILES string of the molecule is CCCCCCCc1cc2nc3ccc(N4CCCCC4)cc3sc-2c(N(C)C)c1=[N+]1CCCCC1. The van der Waals surface area contributed by atoms with Crippen LogP contribution in [0.15, 0.2) is 24.3 Å². The van der Waals surface area contributed by atoms with Crippen LogP contribution in [0.5, 0.6) is 0 Å². The van der Waals surface area contributed by atoms with Crippen LogP contribution in [-0.2, 0) is 6.42 Å². The molecule has 1 aromatic carbocycles. The first-order chi connectivity index (χ1) is 17.7. The lowest BCUT2D eigenvalue weighted by molar-refractivity contribution is 0.449. The largest absolute Gasteiger partial charge is 0.371 e. The number of aromatic nitrogens is 1. The van der Waals surface area contributed by atoms with Gasteiger partial charge in [-0.05, 0) is 62.8 Å². The number of fused-ring (bicyclic) bond motifs is 2. The number of hydrogen-bond donors (Lipinski definition) is 0. The van der Waals surface area contributed by atoms with Crippen LogP contribution in [0.25, 0.3) is 20.8 Å². The van der Waals surface area contributed by atoms with Gasteiger partial charge in [0.15, 0.2) is 0 Å². The van der Waals surface area contributed by atoms with E-state index in [1.807, 2.05) is 11.3 Å². The summed E-state index contributed by atoms with van der Waals surface area (Å²) in [5, 5.41) is 1.49. The monoisotopic (exact) mass is 505 g/mol. The van der Waals surface area contributed by atoms with Gasteiger partial charge in [-0.2, -0.15) is 0 Å². The maximum atomic E-state index is 5.26. The first kappa shape index (κ1) is 25.5. The normalized spacial score (nSPS) is 16.8. The molecule has 5 heteroatoms. The molecule has 3 heterocycles. The summed E-state index contributed by atoms with van der Waals surface area (Å²) in [4.78, 5) is 11.5. The van der Waals surface area contributed by atoms with Gasteiger partial charge in [0.05, 0.1) is 20.8 Å². The van der Waals surface area contributed by atoms with Crippen molar-refractivity contribution in [3.8, 4) is 10.6 Å². The van der Waals surface area contributed by atoms with Crippen molar-refractivity contribution in [2.24, 2.45) is 0 Å². The van der Waals surface area contributed by atoms with E-state index < -0.39 is 0 Å². The summed E-state index contributed by atoms with van der Waals surface area (Å²) in [6.07, 6.45) is 15.7. The molecule has 0 unspecified atom stereocenters. The molecule has 0 spiro atoms. The molecule has 2 fully saturated rings. The third-order valence-corrected chi connectivity index (χ3v) is 9.23. The van der Waals surface area contributed by atoms with Gasteiger partial charge in [0.1, 0.15) is 18.8 Å². The minimum absolute atomic E-state index is 1.14. The Kier molecular flexibility index (Phi) is 8.46. The van der Waals surface area contributed by atoms with Gasteiger partial charge in [0.2, 0.25) is 5.36 Å². The van der Waals surface area contributed by atoms with Crippen LogP contribution in [0.2, 0.25) is 0 Å². The molecule has 36 heavy (non-hydrogen) atoms. The number of aryl methyl sites for hydroxylation is 1. The number of unbranched alkanes of at least 4 members (excludes halogenated alkanes) is 4. The molecule has 0 aromatic heterocycles.